The average molecular weight is 552 g/mol. The molecule has 0 bridgehead atoms. The highest BCUT2D eigenvalue weighted by atomic mass is 127. The molecule has 30 heavy (non-hydrogen) atoms. The molecule has 0 spiro atoms. The van der Waals surface area contributed by atoms with Crippen molar-refractivity contribution in [3.63, 3.8) is 0 Å². The van der Waals surface area contributed by atoms with Crippen molar-refractivity contribution in [1.29, 1.82) is 0 Å². The van der Waals surface area contributed by atoms with Gasteiger partial charge in [-0.2, -0.15) is 13.2 Å². The van der Waals surface area contributed by atoms with Crippen molar-refractivity contribution in [3.8, 4) is 5.75 Å². The van der Waals surface area contributed by atoms with Crippen LogP contribution in [0.5, 0.6) is 5.75 Å². The molecule has 1 aromatic rings. The summed E-state index contributed by atoms with van der Waals surface area (Å²) in [5.74, 6) is 0.0267. The Bertz CT molecular complexity index is 742. The van der Waals surface area contributed by atoms with E-state index in [1.165, 1.54) is 24.1 Å². The van der Waals surface area contributed by atoms with E-state index >= 15 is 0 Å². The second-order valence-electron chi connectivity index (χ2n) is 7.23. The normalized spacial score (nSPS) is 24.9. The van der Waals surface area contributed by atoms with Crippen LogP contribution in [0.2, 0.25) is 0 Å². The lowest BCUT2D eigenvalue weighted by molar-refractivity contribution is -0.274. The van der Waals surface area contributed by atoms with Crippen LogP contribution >= 0.6 is 24.0 Å². The van der Waals surface area contributed by atoms with Gasteiger partial charge in [-0.3, -0.25) is 9.89 Å². The van der Waals surface area contributed by atoms with E-state index in [2.05, 4.69) is 20.4 Å². The molecule has 3 unspecified atom stereocenters. The molecule has 12 heteroatoms. The number of likely N-dealkylation sites (tertiary alicyclic amines) is 1. The van der Waals surface area contributed by atoms with Gasteiger partial charge in [-0.25, -0.2) is 0 Å². The molecule has 170 valence electrons. The minimum absolute atomic E-state index is 0. The number of aliphatic imine (C=N–C) groups is 1. The Morgan fingerprint density at radius 3 is 2.50 bits per heavy atom. The molecule has 5 nitrogen and oxygen atoms in total. The Hall–Kier alpha value is -1.44. The number of ether oxygens (including phenoxy) is 1. The van der Waals surface area contributed by atoms with E-state index in [-0.39, 0.29) is 54.3 Å². The summed E-state index contributed by atoms with van der Waals surface area (Å²) < 4.78 is 79.4. The van der Waals surface area contributed by atoms with Crippen molar-refractivity contribution < 1.29 is 31.1 Å². The van der Waals surface area contributed by atoms with Gasteiger partial charge in [0.1, 0.15) is 5.75 Å². The molecule has 1 aromatic carbocycles. The maximum Gasteiger partial charge on any atom is 0.573 e. The third-order valence-electron chi connectivity index (χ3n) is 4.90. The van der Waals surface area contributed by atoms with Gasteiger partial charge in [0.15, 0.2) is 5.96 Å². The Morgan fingerprint density at radius 1 is 1.17 bits per heavy atom. The molecule has 2 aliphatic rings. The molecule has 1 aliphatic heterocycles. The van der Waals surface area contributed by atoms with E-state index in [9.17, 15) is 26.3 Å². The molecule has 1 saturated carbocycles. The first-order chi connectivity index (χ1) is 13.5. The fraction of sp³-hybridized carbons (Fsp3) is 0.611. The lowest BCUT2D eigenvalue weighted by Gasteiger charge is -2.20. The van der Waals surface area contributed by atoms with Crippen LogP contribution in [0.15, 0.2) is 29.3 Å². The van der Waals surface area contributed by atoms with Crippen LogP contribution in [0.3, 0.4) is 0 Å². The zero-order valence-electron chi connectivity index (χ0n) is 16.1. The van der Waals surface area contributed by atoms with E-state index < -0.39 is 19.1 Å². The lowest BCUT2D eigenvalue weighted by Crippen LogP contribution is -2.46. The van der Waals surface area contributed by atoms with Gasteiger partial charge in [-0.15, -0.1) is 37.1 Å². The molecule has 0 amide bonds. The molecule has 2 N–H and O–H groups in total. The molecular weight excluding hydrogens is 529 g/mol. The van der Waals surface area contributed by atoms with Crippen molar-refractivity contribution in [2.75, 3.05) is 26.7 Å². The third-order valence-corrected chi connectivity index (χ3v) is 4.90. The zero-order chi connectivity index (χ0) is 21.2. The number of nitrogens with one attached hydrogen (secondary N) is 2. The number of rotatable bonds is 5. The maximum atomic E-state index is 12.6. The fourth-order valence-electron chi connectivity index (χ4n) is 3.59. The molecule has 3 rings (SSSR count). The second-order valence-corrected chi connectivity index (χ2v) is 7.23. The summed E-state index contributed by atoms with van der Waals surface area (Å²) in [6, 6.07) is 5.68. The van der Waals surface area contributed by atoms with Gasteiger partial charge in [0.05, 0.1) is 6.54 Å². The van der Waals surface area contributed by atoms with Gasteiger partial charge in [0.2, 0.25) is 0 Å². The van der Waals surface area contributed by atoms with Gasteiger partial charge in [-0.1, -0.05) is 18.2 Å². The van der Waals surface area contributed by atoms with Gasteiger partial charge >= 0.3 is 12.5 Å². The van der Waals surface area contributed by atoms with E-state index in [4.69, 9.17) is 0 Å². The number of benzene rings is 1. The summed E-state index contributed by atoms with van der Waals surface area (Å²) in [6.45, 7) is -0.364. The highest BCUT2D eigenvalue weighted by molar-refractivity contribution is 14.0. The van der Waals surface area contributed by atoms with Crippen molar-refractivity contribution in [2.24, 2.45) is 4.99 Å². The van der Waals surface area contributed by atoms with Crippen LogP contribution in [-0.4, -0.2) is 62.2 Å². The van der Waals surface area contributed by atoms with E-state index in [0.29, 0.717) is 30.9 Å². The number of guanidine groups is 1. The summed E-state index contributed by atoms with van der Waals surface area (Å²) in [5, 5.41) is 6.23. The van der Waals surface area contributed by atoms with E-state index in [0.717, 1.165) is 0 Å². The Labute approximate surface area is 187 Å². The molecule has 1 heterocycles. The maximum absolute atomic E-state index is 12.6. The number of hydrogen-bond donors (Lipinski definition) is 2. The van der Waals surface area contributed by atoms with Gasteiger partial charge in [-0.05, 0) is 24.5 Å². The minimum atomic E-state index is -4.77. The smallest absolute Gasteiger partial charge is 0.405 e. The summed E-state index contributed by atoms with van der Waals surface area (Å²) >= 11 is 0. The first-order valence-corrected chi connectivity index (χ1v) is 9.17. The minimum Gasteiger partial charge on any atom is -0.405 e. The topological polar surface area (TPSA) is 48.9 Å². The Kier molecular flexibility index (Phi) is 8.10. The van der Waals surface area contributed by atoms with Gasteiger partial charge < -0.3 is 15.4 Å². The van der Waals surface area contributed by atoms with Crippen LogP contribution in [0.25, 0.3) is 0 Å². The van der Waals surface area contributed by atoms with Crippen LogP contribution in [0.4, 0.5) is 26.3 Å². The van der Waals surface area contributed by atoms with Gasteiger partial charge in [0.25, 0.3) is 0 Å². The van der Waals surface area contributed by atoms with Gasteiger partial charge in [0, 0.05) is 38.1 Å². The molecule has 0 radical (unpaired) electrons. The number of para-hydroxylation sites is 1. The SMILES string of the molecule is CN=C(NC1CCN(CC(F)(F)F)C1)NC1CC1c1ccccc1OC(F)(F)F.I. The summed E-state index contributed by atoms with van der Waals surface area (Å²) in [5.41, 5.74) is 0.454. The first kappa shape index (κ1) is 24.8. The predicted octanol–water partition coefficient (Wildman–Crippen LogP) is 3.86. The number of alkyl halides is 6. The summed E-state index contributed by atoms with van der Waals surface area (Å²) in [7, 11) is 1.54. The largest absolute Gasteiger partial charge is 0.573 e. The number of halogens is 7. The van der Waals surface area contributed by atoms with Crippen molar-refractivity contribution >= 4 is 29.9 Å². The predicted molar refractivity (Wildman–Crippen MR) is 110 cm³/mol. The van der Waals surface area contributed by atoms with Crippen molar-refractivity contribution in [1.82, 2.24) is 15.5 Å². The number of hydrogen-bond acceptors (Lipinski definition) is 3. The lowest BCUT2D eigenvalue weighted by atomic mass is 10.1. The van der Waals surface area contributed by atoms with Crippen molar-refractivity contribution in [3.05, 3.63) is 29.8 Å². The average Bonchev–Trinajstić information content (AvgIpc) is 3.22. The van der Waals surface area contributed by atoms with Crippen LogP contribution < -0.4 is 15.4 Å². The fourth-order valence-corrected chi connectivity index (χ4v) is 3.59. The number of nitrogens with zero attached hydrogens (tertiary/aromatic N) is 2. The monoisotopic (exact) mass is 552 g/mol. The third kappa shape index (κ3) is 7.36. The van der Waals surface area contributed by atoms with Crippen LogP contribution in [0, 0.1) is 0 Å². The highest BCUT2D eigenvalue weighted by Gasteiger charge is 2.43. The Balaban J connectivity index is 0.00000320. The molecule has 1 aliphatic carbocycles. The van der Waals surface area contributed by atoms with Crippen molar-refractivity contribution in [2.45, 2.75) is 43.4 Å². The van der Waals surface area contributed by atoms with E-state index in [1.54, 1.807) is 12.1 Å². The van der Waals surface area contributed by atoms with E-state index in [1.807, 2.05) is 0 Å². The highest BCUT2D eigenvalue weighted by Crippen LogP contribution is 2.45. The standard InChI is InChI=1S/C18H22F6N4O.HI/c1-25-16(26-11-6-7-28(9-11)10-17(19,20)21)27-14-8-13(14)12-4-2-3-5-15(12)29-18(22,23)24;/h2-5,11,13-14H,6-10H2,1H3,(H2,25,26,27);1H. The molecule has 2 fully saturated rings. The molecule has 1 saturated heterocycles. The summed E-state index contributed by atoms with van der Waals surface area (Å²) in [6.07, 6.45) is -7.85. The zero-order valence-corrected chi connectivity index (χ0v) is 18.4. The first-order valence-electron chi connectivity index (χ1n) is 9.17. The molecular formula is C18H23F6IN4O. The second kappa shape index (κ2) is 9.79. The van der Waals surface area contributed by atoms with Crippen LogP contribution in [-0.2, 0) is 0 Å². The van der Waals surface area contributed by atoms with Crippen LogP contribution in [0.1, 0.15) is 24.3 Å². The quantitative estimate of drug-likeness (QED) is 0.252. The Morgan fingerprint density at radius 2 is 1.87 bits per heavy atom. The molecule has 0 aromatic heterocycles. The summed E-state index contributed by atoms with van der Waals surface area (Å²) in [4.78, 5) is 5.41. The molecule has 3 atom stereocenters.